The number of hydrogen-bond donors (Lipinski definition) is 1. The van der Waals surface area contributed by atoms with Gasteiger partial charge in [-0.2, -0.15) is 0 Å². The molecule has 0 atom stereocenters. The summed E-state index contributed by atoms with van der Waals surface area (Å²) in [6, 6.07) is 3.68. The molecule has 0 aromatic carbocycles. The first-order valence-electron chi connectivity index (χ1n) is 8.27. The predicted octanol–water partition coefficient (Wildman–Crippen LogP) is 2.83. The Labute approximate surface area is 137 Å². The van der Waals surface area contributed by atoms with Crippen molar-refractivity contribution in [2.75, 3.05) is 19.8 Å². The van der Waals surface area contributed by atoms with Crippen molar-refractivity contribution in [3.63, 3.8) is 0 Å². The maximum Gasteiger partial charge on any atom is 0.251 e. The first kappa shape index (κ1) is 16.0. The molecule has 124 valence electrons. The first-order valence-corrected chi connectivity index (χ1v) is 8.27. The predicted molar refractivity (Wildman–Crippen MR) is 89.6 cm³/mol. The molecule has 2 aromatic heterocycles. The molecule has 0 saturated carbocycles. The zero-order valence-electron chi connectivity index (χ0n) is 14.1. The van der Waals surface area contributed by atoms with Crippen molar-refractivity contribution in [3.8, 4) is 0 Å². The highest BCUT2D eigenvalue weighted by atomic mass is 16.5. The third-order valence-electron chi connectivity index (χ3n) is 4.99. The molecule has 0 aliphatic carbocycles. The van der Waals surface area contributed by atoms with Crippen molar-refractivity contribution in [2.24, 2.45) is 11.3 Å². The Balaban J connectivity index is 1.65. The molecule has 0 bridgehead atoms. The van der Waals surface area contributed by atoms with Crippen LogP contribution in [0.5, 0.6) is 0 Å². The SMILES string of the molecule is Cc1cnc2cc(C(=O)NCC(C)(C)C3CCOCC3)ccn12. The number of carbonyl (C=O) groups is 1. The van der Waals surface area contributed by atoms with Gasteiger partial charge < -0.3 is 14.5 Å². The van der Waals surface area contributed by atoms with Crippen LogP contribution in [0.2, 0.25) is 0 Å². The third-order valence-corrected chi connectivity index (χ3v) is 4.99. The summed E-state index contributed by atoms with van der Waals surface area (Å²) in [6.07, 6.45) is 5.85. The van der Waals surface area contributed by atoms with E-state index in [-0.39, 0.29) is 11.3 Å². The fourth-order valence-electron chi connectivity index (χ4n) is 3.28. The van der Waals surface area contributed by atoms with Gasteiger partial charge in [-0.05, 0) is 43.2 Å². The summed E-state index contributed by atoms with van der Waals surface area (Å²) in [5.74, 6) is 0.558. The van der Waals surface area contributed by atoms with Crippen molar-refractivity contribution < 1.29 is 9.53 Å². The van der Waals surface area contributed by atoms with E-state index in [0.29, 0.717) is 18.0 Å². The van der Waals surface area contributed by atoms with Crippen LogP contribution >= 0.6 is 0 Å². The van der Waals surface area contributed by atoms with Crippen molar-refractivity contribution in [1.29, 1.82) is 0 Å². The molecule has 1 aliphatic rings. The fourth-order valence-corrected chi connectivity index (χ4v) is 3.28. The lowest BCUT2D eigenvalue weighted by Crippen LogP contribution is -2.40. The summed E-state index contributed by atoms with van der Waals surface area (Å²) in [5.41, 5.74) is 2.60. The van der Waals surface area contributed by atoms with Gasteiger partial charge in [-0.15, -0.1) is 0 Å². The number of rotatable bonds is 4. The lowest BCUT2D eigenvalue weighted by atomic mass is 9.74. The second kappa shape index (κ2) is 6.32. The number of nitrogens with one attached hydrogen (secondary N) is 1. The summed E-state index contributed by atoms with van der Waals surface area (Å²) in [4.78, 5) is 16.8. The molecule has 0 radical (unpaired) electrons. The summed E-state index contributed by atoms with van der Waals surface area (Å²) in [7, 11) is 0. The van der Waals surface area contributed by atoms with Crippen molar-refractivity contribution in [1.82, 2.24) is 14.7 Å². The molecule has 1 N–H and O–H groups in total. The molecule has 23 heavy (non-hydrogen) atoms. The number of ether oxygens (including phenoxy) is 1. The molecule has 3 heterocycles. The van der Waals surface area contributed by atoms with Crippen LogP contribution in [0, 0.1) is 18.3 Å². The molecule has 1 aliphatic heterocycles. The molecule has 2 aromatic rings. The summed E-state index contributed by atoms with van der Waals surface area (Å²) in [5, 5.41) is 3.09. The number of amides is 1. The zero-order valence-corrected chi connectivity index (χ0v) is 14.1. The first-order chi connectivity index (χ1) is 11.0. The van der Waals surface area contributed by atoms with Gasteiger partial charge in [0.1, 0.15) is 5.65 Å². The molecule has 3 rings (SSSR count). The Morgan fingerprint density at radius 2 is 2.17 bits per heavy atom. The highest BCUT2D eigenvalue weighted by molar-refractivity contribution is 5.95. The Hall–Kier alpha value is -1.88. The lowest BCUT2D eigenvalue weighted by molar-refractivity contribution is 0.0228. The average molecular weight is 315 g/mol. The summed E-state index contributed by atoms with van der Waals surface area (Å²) < 4.78 is 7.41. The van der Waals surface area contributed by atoms with Gasteiger partial charge in [-0.25, -0.2) is 4.98 Å². The highest BCUT2D eigenvalue weighted by Crippen LogP contribution is 2.33. The van der Waals surface area contributed by atoms with E-state index in [4.69, 9.17) is 4.74 Å². The number of carbonyl (C=O) groups excluding carboxylic acids is 1. The molecule has 1 saturated heterocycles. The van der Waals surface area contributed by atoms with Crippen LogP contribution in [0.15, 0.2) is 24.5 Å². The van der Waals surface area contributed by atoms with Crippen LogP contribution < -0.4 is 5.32 Å². The van der Waals surface area contributed by atoms with E-state index < -0.39 is 0 Å². The quantitative estimate of drug-likeness (QED) is 0.944. The minimum Gasteiger partial charge on any atom is -0.381 e. The van der Waals surface area contributed by atoms with Crippen molar-refractivity contribution in [2.45, 2.75) is 33.6 Å². The van der Waals surface area contributed by atoms with Crippen molar-refractivity contribution in [3.05, 3.63) is 35.8 Å². The summed E-state index contributed by atoms with van der Waals surface area (Å²) >= 11 is 0. The van der Waals surface area contributed by atoms with Crippen LogP contribution in [0.3, 0.4) is 0 Å². The van der Waals surface area contributed by atoms with Gasteiger partial charge in [0.15, 0.2) is 0 Å². The summed E-state index contributed by atoms with van der Waals surface area (Å²) in [6.45, 7) is 8.79. The molecule has 5 nitrogen and oxygen atoms in total. The van der Waals surface area contributed by atoms with E-state index in [1.54, 1.807) is 0 Å². The Morgan fingerprint density at radius 3 is 2.91 bits per heavy atom. The minimum absolute atomic E-state index is 0.0340. The number of nitrogens with zero attached hydrogens (tertiary/aromatic N) is 2. The topological polar surface area (TPSA) is 55.6 Å². The van der Waals surface area contributed by atoms with Crippen LogP contribution in [0.1, 0.15) is 42.7 Å². The number of fused-ring (bicyclic) bond motifs is 1. The third kappa shape index (κ3) is 3.39. The van der Waals surface area contributed by atoms with Gasteiger partial charge in [0, 0.05) is 43.4 Å². The molecule has 5 heteroatoms. The average Bonchev–Trinajstić information content (AvgIpc) is 2.94. The molecule has 1 amide bonds. The number of pyridine rings is 1. The monoisotopic (exact) mass is 315 g/mol. The van der Waals surface area contributed by atoms with E-state index in [9.17, 15) is 4.79 Å². The zero-order chi connectivity index (χ0) is 16.4. The van der Waals surface area contributed by atoms with Gasteiger partial charge in [0.05, 0.1) is 0 Å². The highest BCUT2D eigenvalue weighted by Gasteiger charge is 2.31. The van der Waals surface area contributed by atoms with Crippen LogP contribution in [-0.2, 0) is 4.74 Å². The van der Waals surface area contributed by atoms with Crippen LogP contribution in [0.25, 0.3) is 5.65 Å². The largest absolute Gasteiger partial charge is 0.381 e. The second-order valence-corrected chi connectivity index (χ2v) is 7.10. The van der Waals surface area contributed by atoms with Gasteiger partial charge in [-0.3, -0.25) is 4.79 Å². The van der Waals surface area contributed by atoms with Gasteiger partial charge in [0.2, 0.25) is 0 Å². The normalized spacial score (nSPS) is 16.7. The fraction of sp³-hybridized carbons (Fsp3) is 0.556. The molecular weight excluding hydrogens is 290 g/mol. The molecule has 0 spiro atoms. The van der Waals surface area contributed by atoms with Crippen LogP contribution in [0.4, 0.5) is 0 Å². The van der Waals surface area contributed by atoms with Gasteiger partial charge in [0.25, 0.3) is 5.91 Å². The number of imidazole rings is 1. The smallest absolute Gasteiger partial charge is 0.251 e. The minimum atomic E-state index is -0.0340. The Kier molecular flexibility index (Phi) is 4.39. The van der Waals surface area contributed by atoms with Gasteiger partial charge in [-0.1, -0.05) is 13.8 Å². The standard InChI is InChI=1S/C18H25N3O2/c1-13-11-19-16-10-14(4-7-21(13)16)17(22)20-12-18(2,3)15-5-8-23-9-6-15/h4,7,10-11,15H,5-6,8-9,12H2,1-3H3,(H,20,22). The van der Waals surface area contributed by atoms with Crippen molar-refractivity contribution >= 4 is 11.6 Å². The van der Waals surface area contributed by atoms with E-state index in [0.717, 1.165) is 37.4 Å². The number of aryl methyl sites for hydroxylation is 1. The van der Waals surface area contributed by atoms with E-state index >= 15 is 0 Å². The maximum atomic E-state index is 12.5. The maximum absolute atomic E-state index is 12.5. The Bertz CT molecular complexity index is 699. The molecule has 1 fully saturated rings. The Morgan fingerprint density at radius 1 is 1.43 bits per heavy atom. The van der Waals surface area contributed by atoms with Gasteiger partial charge >= 0.3 is 0 Å². The second-order valence-electron chi connectivity index (χ2n) is 7.10. The molecular formula is C18H25N3O2. The number of hydrogen-bond acceptors (Lipinski definition) is 3. The molecule has 0 unspecified atom stereocenters. The number of aromatic nitrogens is 2. The van der Waals surface area contributed by atoms with E-state index in [2.05, 4.69) is 24.1 Å². The van der Waals surface area contributed by atoms with Crippen LogP contribution in [-0.4, -0.2) is 35.1 Å². The lowest BCUT2D eigenvalue weighted by Gasteiger charge is -2.37. The van der Waals surface area contributed by atoms with E-state index in [1.165, 1.54) is 0 Å². The van der Waals surface area contributed by atoms with E-state index in [1.807, 2.05) is 35.9 Å².